The summed E-state index contributed by atoms with van der Waals surface area (Å²) in [5.74, 6) is 0.393. The van der Waals surface area contributed by atoms with Gasteiger partial charge in [0, 0.05) is 0 Å². The van der Waals surface area contributed by atoms with E-state index in [0.717, 1.165) is 11.3 Å². The van der Waals surface area contributed by atoms with Crippen LogP contribution in [0.25, 0.3) is 0 Å². The number of rotatable bonds is 3. The summed E-state index contributed by atoms with van der Waals surface area (Å²) in [7, 11) is 0. The van der Waals surface area contributed by atoms with Gasteiger partial charge in [-0.25, -0.2) is 4.68 Å². The summed E-state index contributed by atoms with van der Waals surface area (Å²) in [5.41, 5.74) is 2.84. The smallest absolute Gasteiger partial charge is 0.0991 e. The van der Waals surface area contributed by atoms with Crippen molar-refractivity contribution in [3.05, 3.63) is 47.3 Å². The largest absolute Gasteiger partial charge is 0.245 e. The van der Waals surface area contributed by atoms with Gasteiger partial charge in [0.25, 0.3) is 0 Å². The molecule has 1 aromatic heterocycles. The van der Waals surface area contributed by atoms with E-state index in [-0.39, 0.29) is 0 Å². The summed E-state index contributed by atoms with van der Waals surface area (Å²) >= 11 is 0. The number of nitriles is 1. The van der Waals surface area contributed by atoms with Gasteiger partial charge in [-0.3, -0.25) is 0 Å². The van der Waals surface area contributed by atoms with E-state index in [1.807, 2.05) is 22.9 Å². The fraction of sp³-hybridized carbons (Fsp3) is 0.308. The topological polar surface area (TPSA) is 54.5 Å². The third-order valence-corrected chi connectivity index (χ3v) is 2.63. The van der Waals surface area contributed by atoms with Crippen molar-refractivity contribution in [3.63, 3.8) is 0 Å². The van der Waals surface area contributed by atoms with Crippen LogP contribution in [0.1, 0.15) is 36.6 Å². The van der Waals surface area contributed by atoms with Gasteiger partial charge < -0.3 is 0 Å². The molecule has 0 N–H and O–H groups in total. The van der Waals surface area contributed by atoms with Crippen molar-refractivity contribution in [2.45, 2.75) is 26.3 Å². The normalized spacial score (nSPS) is 10.5. The summed E-state index contributed by atoms with van der Waals surface area (Å²) in [6, 6.07) is 9.70. The number of hydrogen-bond donors (Lipinski definition) is 0. The first-order chi connectivity index (χ1) is 8.20. The van der Waals surface area contributed by atoms with E-state index in [1.54, 1.807) is 12.3 Å². The molecule has 0 fully saturated rings. The zero-order valence-electron chi connectivity index (χ0n) is 9.96. The van der Waals surface area contributed by atoms with Crippen LogP contribution < -0.4 is 0 Å². The van der Waals surface area contributed by atoms with Gasteiger partial charge >= 0.3 is 0 Å². The van der Waals surface area contributed by atoms with Crippen molar-refractivity contribution in [1.82, 2.24) is 15.0 Å². The van der Waals surface area contributed by atoms with E-state index >= 15 is 0 Å². The maximum Gasteiger partial charge on any atom is 0.0991 e. The molecule has 17 heavy (non-hydrogen) atoms. The third kappa shape index (κ3) is 2.51. The Bertz CT molecular complexity index is 549. The first-order valence-electron chi connectivity index (χ1n) is 5.58. The van der Waals surface area contributed by atoms with Crippen LogP contribution in [-0.4, -0.2) is 15.0 Å². The minimum Gasteiger partial charge on any atom is -0.245 e. The average molecular weight is 226 g/mol. The van der Waals surface area contributed by atoms with Crippen LogP contribution in [0.15, 0.2) is 30.5 Å². The fourth-order valence-corrected chi connectivity index (χ4v) is 1.75. The molecular formula is C13H14N4. The second-order valence-electron chi connectivity index (χ2n) is 4.28. The molecule has 0 aliphatic rings. The molecule has 0 spiro atoms. The molecular weight excluding hydrogens is 212 g/mol. The van der Waals surface area contributed by atoms with E-state index < -0.39 is 0 Å². The van der Waals surface area contributed by atoms with Crippen LogP contribution in [0.3, 0.4) is 0 Å². The zero-order valence-corrected chi connectivity index (χ0v) is 9.96. The molecule has 0 saturated heterocycles. The summed E-state index contributed by atoms with van der Waals surface area (Å²) in [4.78, 5) is 0. The molecule has 0 unspecified atom stereocenters. The summed E-state index contributed by atoms with van der Waals surface area (Å²) in [5, 5.41) is 16.8. The third-order valence-electron chi connectivity index (χ3n) is 2.63. The average Bonchev–Trinajstić information content (AvgIpc) is 2.77. The van der Waals surface area contributed by atoms with Crippen molar-refractivity contribution in [1.29, 1.82) is 5.26 Å². The maximum atomic E-state index is 8.85. The molecule has 0 bridgehead atoms. The number of aromatic nitrogens is 3. The SMILES string of the molecule is CC(C)c1cnnn1Cc1cccc(C#N)c1. The van der Waals surface area contributed by atoms with Gasteiger partial charge in [-0.1, -0.05) is 31.2 Å². The lowest BCUT2D eigenvalue weighted by atomic mass is 10.1. The van der Waals surface area contributed by atoms with Crippen molar-refractivity contribution in [2.75, 3.05) is 0 Å². The highest BCUT2D eigenvalue weighted by atomic mass is 15.4. The molecule has 2 rings (SSSR count). The van der Waals surface area contributed by atoms with Gasteiger partial charge in [0.15, 0.2) is 0 Å². The van der Waals surface area contributed by atoms with Crippen LogP contribution in [0, 0.1) is 11.3 Å². The van der Waals surface area contributed by atoms with Crippen LogP contribution in [0.5, 0.6) is 0 Å². The monoisotopic (exact) mass is 226 g/mol. The summed E-state index contributed by atoms with van der Waals surface area (Å²) in [6.45, 7) is 4.88. The first-order valence-corrected chi connectivity index (χ1v) is 5.58. The molecule has 4 heteroatoms. The van der Waals surface area contributed by atoms with E-state index in [9.17, 15) is 0 Å². The Labute approximate surface area is 101 Å². The highest BCUT2D eigenvalue weighted by molar-refractivity contribution is 5.32. The van der Waals surface area contributed by atoms with Crippen LogP contribution in [-0.2, 0) is 6.54 Å². The van der Waals surface area contributed by atoms with E-state index in [2.05, 4.69) is 30.2 Å². The standard InChI is InChI=1S/C13H14N4/c1-10(2)13-8-15-16-17(13)9-12-5-3-4-11(6-12)7-14/h3-6,8,10H,9H2,1-2H3. The number of hydrogen-bond acceptors (Lipinski definition) is 3. The molecule has 0 aliphatic carbocycles. The lowest BCUT2D eigenvalue weighted by Crippen LogP contribution is -2.07. The Kier molecular flexibility index (Phi) is 3.20. The molecule has 0 atom stereocenters. The van der Waals surface area contributed by atoms with Crippen LogP contribution in [0.2, 0.25) is 0 Å². The Hall–Kier alpha value is -2.15. The molecule has 0 radical (unpaired) electrons. The zero-order chi connectivity index (χ0) is 12.3. The molecule has 0 aliphatic heterocycles. The van der Waals surface area contributed by atoms with Crippen LogP contribution in [0.4, 0.5) is 0 Å². The first kappa shape index (κ1) is 11.3. The molecule has 1 aromatic carbocycles. The van der Waals surface area contributed by atoms with E-state index in [0.29, 0.717) is 18.0 Å². The van der Waals surface area contributed by atoms with Crippen molar-refractivity contribution in [3.8, 4) is 6.07 Å². The second-order valence-corrected chi connectivity index (χ2v) is 4.28. The molecule has 4 nitrogen and oxygen atoms in total. The second kappa shape index (κ2) is 4.79. The van der Waals surface area contributed by atoms with Gasteiger partial charge in [0.05, 0.1) is 30.1 Å². The van der Waals surface area contributed by atoms with E-state index in [1.165, 1.54) is 0 Å². The minimum atomic E-state index is 0.393. The highest BCUT2D eigenvalue weighted by Crippen LogP contribution is 2.14. The Morgan fingerprint density at radius 1 is 1.41 bits per heavy atom. The summed E-state index contributed by atoms with van der Waals surface area (Å²) < 4.78 is 1.88. The minimum absolute atomic E-state index is 0.393. The van der Waals surface area contributed by atoms with Crippen molar-refractivity contribution in [2.24, 2.45) is 0 Å². The Morgan fingerprint density at radius 3 is 2.94 bits per heavy atom. The molecule has 1 heterocycles. The van der Waals surface area contributed by atoms with Gasteiger partial charge in [0.1, 0.15) is 0 Å². The quantitative estimate of drug-likeness (QED) is 0.807. The molecule has 2 aromatic rings. The lowest BCUT2D eigenvalue weighted by molar-refractivity contribution is 0.598. The Morgan fingerprint density at radius 2 is 2.24 bits per heavy atom. The van der Waals surface area contributed by atoms with Crippen molar-refractivity contribution < 1.29 is 0 Å². The van der Waals surface area contributed by atoms with Gasteiger partial charge in [-0.2, -0.15) is 5.26 Å². The van der Waals surface area contributed by atoms with E-state index in [4.69, 9.17) is 5.26 Å². The predicted octanol–water partition coefficient (Wildman–Crippen LogP) is 2.32. The number of benzene rings is 1. The summed E-state index contributed by atoms with van der Waals surface area (Å²) in [6.07, 6.45) is 1.79. The van der Waals surface area contributed by atoms with Gasteiger partial charge in [0.2, 0.25) is 0 Å². The van der Waals surface area contributed by atoms with Crippen LogP contribution >= 0.6 is 0 Å². The molecule has 0 amide bonds. The van der Waals surface area contributed by atoms with Gasteiger partial charge in [-0.05, 0) is 23.6 Å². The molecule has 0 saturated carbocycles. The van der Waals surface area contributed by atoms with Gasteiger partial charge in [-0.15, -0.1) is 5.10 Å². The highest BCUT2D eigenvalue weighted by Gasteiger charge is 2.08. The fourth-order valence-electron chi connectivity index (χ4n) is 1.75. The maximum absolute atomic E-state index is 8.85. The Balaban J connectivity index is 2.26. The molecule has 86 valence electrons. The predicted molar refractivity (Wildman–Crippen MR) is 64.4 cm³/mol. The number of nitrogens with zero attached hydrogens (tertiary/aromatic N) is 4. The van der Waals surface area contributed by atoms with Crippen molar-refractivity contribution >= 4 is 0 Å². The lowest BCUT2D eigenvalue weighted by Gasteiger charge is -2.08.